The molecule has 19 heavy (non-hydrogen) atoms. The molecule has 0 radical (unpaired) electrons. The summed E-state index contributed by atoms with van der Waals surface area (Å²) in [6, 6.07) is 0. The van der Waals surface area contributed by atoms with Gasteiger partial charge in [0, 0.05) is 26.7 Å². The number of hydrogen-bond acceptors (Lipinski definition) is 4. The molecule has 6 heteroatoms. The fourth-order valence-electron chi connectivity index (χ4n) is 2.03. The van der Waals surface area contributed by atoms with Crippen LogP contribution in [0.4, 0.5) is 0 Å². The molecule has 0 aromatic heterocycles. The summed E-state index contributed by atoms with van der Waals surface area (Å²) >= 11 is 0. The van der Waals surface area contributed by atoms with Gasteiger partial charge in [0.15, 0.2) is 0 Å². The van der Waals surface area contributed by atoms with Gasteiger partial charge in [0.1, 0.15) is 0 Å². The van der Waals surface area contributed by atoms with Gasteiger partial charge in [-0.05, 0) is 26.7 Å². The molecule has 0 aliphatic carbocycles. The molecule has 0 aromatic carbocycles. The maximum absolute atomic E-state index is 11.9. The van der Waals surface area contributed by atoms with E-state index in [1.807, 2.05) is 13.8 Å². The van der Waals surface area contributed by atoms with Crippen LogP contribution in [0.2, 0.25) is 0 Å². The van der Waals surface area contributed by atoms with Gasteiger partial charge in [0.2, 0.25) is 5.91 Å². The number of likely N-dealkylation sites (tertiary alicyclic amines) is 1. The molecule has 2 N–H and O–H groups in total. The lowest BCUT2D eigenvalue weighted by atomic mass is 9.97. The largest absolute Gasteiger partial charge is 0.481 e. The van der Waals surface area contributed by atoms with Crippen molar-refractivity contribution >= 4 is 11.9 Å². The van der Waals surface area contributed by atoms with Gasteiger partial charge in [-0.1, -0.05) is 0 Å². The molecule has 0 saturated carbocycles. The molecule has 0 bridgehead atoms. The molecule has 1 saturated heterocycles. The lowest BCUT2D eigenvalue weighted by Gasteiger charge is -2.30. The van der Waals surface area contributed by atoms with E-state index in [0.717, 1.165) is 0 Å². The van der Waals surface area contributed by atoms with Gasteiger partial charge in [-0.25, -0.2) is 0 Å². The van der Waals surface area contributed by atoms with Crippen molar-refractivity contribution in [3.05, 3.63) is 0 Å². The van der Waals surface area contributed by atoms with Crippen molar-refractivity contribution < 1.29 is 19.4 Å². The fourth-order valence-corrected chi connectivity index (χ4v) is 2.03. The summed E-state index contributed by atoms with van der Waals surface area (Å²) in [4.78, 5) is 24.5. The molecule has 1 aliphatic heterocycles. The summed E-state index contributed by atoms with van der Waals surface area (Å²) in [6.07, 6.45) is 1.09. The van der Waals surface area contributed by atoms with E-state index in [1.165, 1.54) is 0 Å². The Kier molecular flexibility index (Phi) is 5.75. The van der Waals surface area contributed by atoms with E-state index in [2.05, 4.69) is 5.32 Å². The molecular formula is C13H24N2O4. The number of carbonyl (C=O) groups is 2. The first-order valence-corrected chi connectivity index (χ1v) is 6.62. The Morgan fingerprint density at radius 2 is 1.95 bits per heavy atom. The third-order valence-electron chi connectivity index (χ3n) is 3.58. The zero-order chi connectivity index (χ0) is 14.5. The maximum atomic E-state index is 11.9. The van der Waals surface area contributed by atoms with Gasteiger partial charge < -0.3 is 20.1 Å². The van der Waals surface area contributed by atoms with E-state index in [4.69, 9.17) is 9.84 Å². The molecule has 0 aromatic rings. The number of methoxy groups -OCH3 is 1. The highest BCUT2D eigenvalue weighted by Crippen LogP contribution is 2.17. The van der Waals surface area contributed by atoms with E-state index in [-0.39, 0.29) is 24.0 Å². The van der Waals surface area contributed by atoms with Crippen molar-refractivity contribution in [1.29, 1.82) is 0 Å². The molecule has 110 valence electrons. The van der Waals surface area contributed by atoms with Crippen molar-refractivity contribution in [1.82, 2.24) is 10.2 Å². The van der Waals surface area contributed by atoms with Crippen LogP contribution in [0, 0.1) is 5.92 Å². The predicted octanol–water partition coefficient (Wildman–Crippen LogP) is 0.324. The summed E-state index contributed by atoms with van der Waals surface area (Å²) < 4.78 is 5.25. The van der Waals surface area contributed by atoms with Crippen LogP contribution in [0.1, 0.15) is 26.7 Å². The number of carboxylic acids is 1. The zero-order valence-corrected chi connectivity index (χ0v) is 11.9. The number of aliphatic carboxylic acids is 1. The number of nitrogens with zero attached hydrogens (tertiary/aromatic N) is 1. The van der Waals surface area contributed by atoms with Crippen LogP contribution < -0.4 is 5.32 Å². The highest BCUT2D eigenvalue weighted by atomic mass is 16.5. The second kappa shape index (κ2) is 6.86. The topological polar surface area (TPSA) is 78.9 Å². The Hall–Kier alpha value is -1.14. The highest BCUT2D eigenvalue weighted by molar-refractivity contribution is 5.78. The standard InChI is InChI=1S/C13H24N2O4/c1-13(2,19-3)9-14-8-11(16)15-6-4-10(5-7-15)12(17)18/h10,14H,4-9H2,1-3H3,(H,17,18). The Labute approximate surface area is 114 Å². The second-order valence-electron chi connectivity index (χ2n) is 5.56. The average Bonchev–Trinajstić information content (AvgIpc) is 2.38. The molecule has 1 aliphatic rings. The average molecular weight is 272 g/mol. The van der Waals surface area contributed by atoms with E-state index >= 15 is 0 Å². The minimum Gasteiger partial charge on any atom is -0.481 e. The van der Waals surface area contributed by atoms with E-state index in [0.29, 0.717) is 32.5 Å². The number of carbonyl (C=O) groups excluding carboxylic acids is 1. The van der Waals surface area contributed by atoms with E-state index in [1.54, 1.807) is 12.0 Å². The first kappa shape index (κ1) is 15.9. The summed E-state index contributed by atoms with van der Waals surface area (Å²) in [6.45, 7) is 5.83. The summed E-state index contributed by atoms with van der Waals surface area (Å²) in [5.41, 5.74) is -0.295. The molecule has 6 nitrogen and oxygen atoms in total. The van der Waals surface area contributed by atoms with Gasteiger partial charge in [-0.15, -0.1) is 0 Å². The molecule has 1 heterocycles. The Balaban J connectivity index is 2.26. The van der Waals surface area contributed by atoms with Crippen LogP contribution >= 0.6 is 0 Å². The quantitative estimate of drug-likeness (QED) is 0.728. The SMILES string of the molecule is COC(C)(C)CNCC(=O)N1CCC(C(=O)O)CC1. The Bertz CT molecular complexity index is 323. The maximum Gasteiger partial charge on any atom is 0.306 e. The van der Waals surface area contributed by atoms with Crippen LogP contribution in [0.5, 0.6) is 0 Å². The van der Waals surface area contributed by atoms with Crippen LogP contribution in [0.15, 0.2) is 0 Å². The summed E-state index contributed by atoms with van der Waals surface area (Å²) in [7, 11) is 1.64. The van der Waals surface area contributed by atoms with E-state index < -0.39 is 5.97 Å². The number of amides is 1. The summed E-state index contributed by atoms with van der Waals surface area (Å²) in [5.74, 6) is -1.03. The minimum absolute atomic E-state index is 0.0238. The lowest BCUT2D eigenvalue weighted by molar-refractivity contribution is -0.145. The van der Waals surface area contributed by atoms with Crippen LogP contribution in [0.25, 0.3) is 0 Å². The van der Waals surface area contributed by atoms with Gasteiger partial charge in [-0.2, -0.15) is 0 Å². The molecule has 0 atom stereocenters. The van der Waals surface area contributed by atoms with Gasteiger partial charge in [0.05, 0.1) is 18.1 Å². The highest BCUT2D eigenvalue weighted by Gasteiger charge is 2.27. The lowest BCUT2D eigenvalue weighted by Crippen LogP contribution is -2.46. The van der Waals surface area contributed by atoms with Crippen molar-refractivity contribution in [2.45, 2.75) is 32.3 Å². The number of hydrogen-bond donors (Lipinski definition) is 2. The Morgan fingerprint density at radius 3 is 2.42 bits per heavy atom. The third-order valence-corrected chi connectivity index (χ3v) is 3.58. The van der Waals surface area contributed by atoms with Crippen LogP contribution in [0.3, 0.4) is 0 Å². The normalized spacial score (nSPS) is 17.5. The zero-order valence-electron chi connectivity index (χ0n) is 11.9. The van der Waals surface area contributed by atoms with Crippen molar-refractivity contribution in [3.8, 4) is 0 Å². The van der Waals surface area contributed by atoms with Crippen LogP contribution in [-0.2, 0) is 14.3 Å². The molecule has 1 rings (SSSR count). The van der Waals surface area contributed by atoms with Crippen molar-refractivity contribution in [2.24, 2.45) is 5.92 Å². The monoisotopic (exact) mass is 272 g/mol. The van der Waals surface area contributed by atoms with E-state index in [9.17, 15) is 9.59 Å². The third kappa shape index (κ3) is 5.16. The van der Waals surface area contributed by atoms with Crippen LogP contribution in [-0.4, -0.2) is 60.8 Å². The Morgan fingerprint density at radius 1 is 1.37 bits per heavy atom. The molecule has 0 spiro atoms. The van der Waals surface area contributed by atoms with Gasteiger partial charge in [-0.3, -0.25) is 9.59 Å². The molecule has 1 fully saturated rings. The smallest absolute Gasteiger partial charge is 0.306 e. The van der Waals surface area contributed by atoms with Gasteiger partial charge in [0.25, 0.3) is 0 Å². The fraction of sp³-hybridized carbons (Fsp3) is 0.846. The number of ether oxygens (including phenoxy) is 1. The van der Waals surface area contributed by atoms with Crippen molar-refractivity contribution in [3.63, 3.8) is 0 Å². The minimum atomic E-state index is -0.757. The summed E-state index contributed by atoms with van der Waals surface area (Å²) in [5, 5.41) is 12.0. The predicted molar refractivity (Wildman–Crippen MR) is 70.9 cm³/mol. The van der Waals surface area contributed by atoms with Gasteiger partial charge >= 0.3 is 5.97 Å². The molecule has 1 amide bonds. The first-order valence-electron chi connectivity index (χ1n) is 6.62. The number of rotatable bonds is 6. The van der Waals surface area contributed by atoms with Crippen molar-refractivity contribution in [2.75, 3.05) is 33.3 Å². The molecular weight excluding hydrogens is 248 g/mol. The number of piperidine rings is 1. The first-order chi connectivity index (χ1) is 8.85. The molecule has 0 unspecified atom stereocenters. The number of carboxylic acid groups (broad SMARTS) is 1. The second-order valence-corrected chi connectivity index (χ2v) is 5.56. The number of nitrogens with one attached hydrogen (secondary N) is 1.